The van der Waals surface area contributed by atoms with Crippen molar-refractivity contribution in [3.8, 4) is 0 Å². The minimum absolute atomic E-state index is 0.0136. The molecule has 0 bridgehead atoms. The summed E-state index contributed by atoms with van der Waals surface area (Å²) in [5, 5.41) is 17.3. The Morgan fingerprint density at radius 2 is 1.64 bits per heavy atom. The van der Waals surface area contributed by atoms with Crippen molar-refractivity contribution in [1.29, 1.82) is 0 Å². The van der Waals surface area contributed by atoms with E-state index in [1.54, 1.807) is 0 Å². The van der Waals surface area contributed by atoms with E-state index in [0.29, 0.717) is 45.2 Å². The molecule has 1 fully saturated rings. The summed E-state index contributed by atoms with van der Waals surface area (Å²) in [5.41, 5.74) is 0. The van der Waals surface area contributed by atoms with Gasteiger partial charge in [-0.3, -0.25) is 9.59 Å². The second kappa shape index (κ2) is 9.27. The number of rotatable bonds is 7. The van der Waals surface area contributed by atoms with Gasteiger partial charge in [0.05, 0.1) is 5.92 Å². The first-order valence-corrected chi connectivity index (χ1v) is 7.95. The first-order valence-electron chi connectivity index (χ1n) is 7.95. The van der Waals surface area contributed by atoms with Crippen LogP contribution in [-0.2, 0) is 9.59 Å². The van der Waals surface area contributed by atoms with Crippen LogP contribution in [0.4, 0.5) is 4.79 Å². The van der Waals surface area contributed by atoms with Crippen molar-refractivity contribution in [1.82, 2.24) is 16.0 Å². The highest BCUT2D eigenvalue weighted by atomic mass is 16.4. The number of carbonyl (C=O) groups is 3. The van der Waals surface area contributed by atoms with Gasteiger partial charge in [-0.25, -0.2) is 4.79 Å². The predicted molar refractivity (Wildman–Crippen MR) is 82.4 cm³/mol. The molecule has 126 valence electrons. The minimum atomic E-state index is -0.744. The molecule has 22 heavy (non-hydrogen) atoms. The maximum atomic E-state index is 11.7. The molecular formula is C15H27N3O4. The first kappa shape index (κ1) is 18.3. The summed E-state index contributed by atoms with van der Waals surface area (Å²) in [6, 6.07) is -0.176. The molecule has 1 saturated carbocycles. The van der Waals surface area contributed by atoms with Crippen molar-refractivity contribution in [2.75, 3.05) is 13.1 Å². The van der Waals surface area contributed by atoms with Crippen molar-refractivity contribution >= 4 is 17.9 Å². The lowest BCUT2D eigenvalue weighted by Gasteiger charge is -2.26. The molecule has 0 unspecified atom stereocenters. The summed E-state index contributed by atoms with van der Waals surface area (Å²) in [6.07, 6.45) is 3.31. The van der Waals surface area contributed by atoms with Crippen LogP contribution in [0, 0.1) is 11.8 Å². The highest BCUT2D eigenvalue weighted by molar-refractivity contribution is 5.77. The lowest BCUT2D eigenvalue weighted by molar-refractivity contribution is -0.142. The number of amides is 3. The molecule has 0 aliphatic heterocycles. The average molecular weight is 313 g/mol. The number of urea groups is 1. The normalized spacial score (nSPS) is 21.2. The predicted octanol–water partition coefficient (Wildman–Crippen LogP) is 1.09. The molecule has 7 heteroatoms. The molecule has 0 aromatic heterocycles. The van der Waals surface area contributed by atoms with E-state index >= 15 is 0 Å². The minimum Gasteiger partial charge on any atom is -0.481 e. The zero-order valence-corrected chi connectivity index (χ0v) is 13.4. The van der Waals surface area contributed by atoms with Crippen LogP contribution in [0.2, 0.25) is 0 Å². The number of carbonyl (C=O) groups excluding carboxylic acids is 2. The quantitative estimate of drug-likeness (QED) is 0.528. The maximum Gasteiger partial charge on any atom is 0.315 e. The Balaban J connectivity index is 2.07. The number of carboxylic acids is 1. The van der Waals surface area contributed by atoms with Crippen LogP contribution >= 0.6 is 0 Å². The fourth-order valence-electron chi connectivity index (χ4n) is 2.43. The second-order valence-electron chi connectivity index (χ2n) is 6.09. The molecular weight excluding hydrogens is 286 g/mol. The van der Waals surface area contributed by atoms with Gasteiger partial charge < -0.3 is 21.1 Å². The molecule has 1 aliphatic rings. The maximum absolute atomic E-state index is 11.7. The van der Waals surface area contributed by atoms with Gasteiger partial charge in [-0.1, -0.05) is 13.8 Å². The number of nitrogens with one attached hydrogen (secondary N) is 3. The topological polar surface area (TPSA) is 108 Å². The highest BCUT2D eigenvalue weighted by Gasteiger charge is 2.26. The molecule has 1 rings (SSSR count). The van der Waals surface area contributed by atoms with Gasteiger partial charge in [-0.2, -0.15) is 0 Å². The summed E-state index contributed by atoms with van der Waals surface area (Å²) in [7, 11) is 0. The summed E-state index contributed by atoms with van der Waals surface area (Å²) in [5.74, 6) is -1.03. The van der Waals surface area contributed by atoms with Crippen molar-refractivity contribution in [2.24, 2.45) is 11.8 Å². The lowest BCUT2D eigenvalue weighted by Crippen LogP contribution is -2.44. The molecule has 0 aromatic rings. The van der Waals surface area contributed by atoms with Crippen LogP contribution in [-0.4, -0.2) is 42.1 Å². The van der Waals surface area contributed by atoms with Gasteiger partial charge >= 0.3 is 12.0 Å². The standard InChI is InChI=1S/C15H27N3O4/c1-10(2)13(19)16-8-3-9-17-15(22)18-12-6-4-11(5-7-12)14(20)21/h10-12H,3-9H2,1-2H3,(H,16,19)(H,20,21)(H2,17,18,22). The monoisotopic (exact) mass is 313 g/mol. The summed E-state index contributed by atoms with van der Waals surface area (Å²) >= 11 is 0. The molecule has 0 saturated heterocycles. The Kier molecular flexibility index (Phi) is 7.70. The smallest absolute Gasteiger partial charge is 0.315 e. The Morgan fingerprint density at radius 1 is 1.05 bits per heavy atom. The van der Waals surface area contributed by atoms with E-state index in [-0.39, 0.29) is 29.8 Å². The second-order valence-corrected chi connectivity index (χ2v) is 6.09. The fraction of sp³-hybridized carbons (Fsp3) is 0.800. The van der Waals surface area contributed by atoms with Gasteiger partial charge in [-0.05, 0) is 32.1 Å². The molecule has 1 aliphatic carbocycles. The van der Waals surface area contributed by atoms with E-state index in [9.17, 15) is 14.4 Å². The van der Waals surface area contributed by atoms with Gasteiger partial charge in [0.25, 0.3) is 0 Å². The van der Waals surface area contributed by atoms with E-state index in [4.69, 9.17) is 5.11 Å². The summed E-state index contributed by atoms with van der Waals surface area (Å²) < 4.78 is 0. The van der Waals surface area contributed by atoms with Gasteiger partial charge in [0.1, 0.15) is 0 Å². The Hall–Kier alpha value is -1.79. The van der Waals surface area contributed by atoms with Crippen molar-refractivity contribution < 1.29 is 19.5 Å². The average Bonchev–Trinajstić information content (AvgIpc) is 2.47. The van der Waals surface area contributed by atoms with Crippen LogP contribution in [0.25, 0.3) is 0 Å². The fourth-order valence-corrected chi connectivity index (χ4v) is 2.43. The molecule has 0 heterocycles. The van der Waals surface area contributed by atoms with Crippen molar-refractivity contribution in [3.05, 3.63) is 0 Å². The van der Waals surface area contributed by atoms with E-state index in [1.807, 2.05) is 13.8 Å². The third-order valence-electron chi connectivity index (χ3n) is 3.87. The zero-order chi connectivity index (χ0) is 16.5. The highest BCUT2D eigenvalue weighted by Crippen LogP contribution is 2.24. The lowest BCUT2D eigenvalue weighted by atomic mass is 9.86. The Morgan fingerprint density at radius 3 is 2.18 bits per heavy atom. The zero-order valence-electron chi connectivity index (χ0n) is 13.4. The third-order valence-corrected chi connectivity index (χ3v) is 3.87. The number of aliphatic carboxylic acids is 1. The third kappa shape index (κ3) is 6.78. The molecule has 3 amide bonds. The molecule has 0 atom stereocenters. The van der Waals surface area contributed by atoms with Crippen LogP contribution in [0.1, 0.15) is 46.0 Å². The van der Waals surface area contributed by atoms with E-state index in [2.05, 4.69) is 16.0 Å². The van der Waals surface area contributed by atoms with Gasteiger partial charge in [0.15, 0.2) is 0 Å². The Labute approximate surface area is 131 Å². The van der Waals surface area contributed by atoms with Gasteiger partial charge in [0, 0.05) is 25.0 Å². The number of carboxylic acid groups (broad SMARTS) is 1. The van der Waals surface area contributed by atoms with Gasteiger partial charge in [-0.15, -0.1) is 0 Å². The largest absolute Gasteiger partial charge is 0.481 e. The molecule has 0 aromatic carbocycles. The SMILES string of the molecule is CC(C)C(=O)NCCCNC(=O)NC1CCC(C(=O)O)CC1. The molecule has 4 N–H and O–H groups in total. The molecule has 7 nitrogen and oxygen atoms in total. The van der Waals surface area contributed by atoms with Crippen LogP contribution in [0.15, 0.2) is 0 Å². The first-order chi connectivity index (χ1) is 10.4. The number of hydrogen-bond acceptors (Lipinski definition) is 3. The van der Waals surface area contributed by atoms with Crippen molar-refractivity contribution in [3.63, 3.8) is 0 Å². The van der Waals surface area contributed by atoms with Crippen LogP contribution < -0.4 is 16.0 Å². The van der Waals surface area contributed by atoms with Crippen LogP contribution in [0.5, 0.6) is 0 Å². The molecule has 0 spiro atoms. The number of hydrogen-bond donors (Lipinski definition) is 4. The van der Waals surface area contributed by atoms with E-state index in [1.165, 1.54) is 0 Å². The van der Waals surface area contributed by atoms with Crippen LogP contribution in [0.3, 0.4) is 0 Å². The van der Waals surface area contributed by atoms with E-state index in [0.717, 1.165) is 0 Å². The van der Waals surface area contributed by atoms with Crippen molar-refractivity contribution in [2.45, 2.75) is 52.0 Å². The van der Waals surface area contributed by atoms with Gasteiger partial charge in [0.2, 0.25) is 5.91 Å². The summed E-state index contributed by atoms with van der Waals surface area (Å²) in [4.78, 5) is 33.9. The molecule has 0 radical (unpaired) electrons. The van der Waals surface area contributed by atoms with E-state index < -0.39 is 5.97 Å². The Bertz CT molecular complexity index is 390. The summed E-state index contributed by atoms with van der Waals surface area (Å²) in [6.45, 7) is 4.70.